The number of ether oxygens (including phenoxy) is 1. The van der Waals surface area contributed by atoms with Gasteiger partial charge in [0.15, 0.2) is 0 Å². The summed E-state index contributed by atoms with van der Waals surface area (Å²) in [5.74, 6) is -0.829. The van der Waals surface area contributed by atoms with Gasteiger partial charge in [-0.15, -0.1) is 0 Å². The van der Waals surface area contributed by atoms with Crippen LogP contribution in [0.2, 0.25) is 5.02 Å². The molecule has 6 rings (SSSR count). The van der Waals surface area contributed by atoms with E-state index in [0.717, 1.165) is 16.8 Å². The van der Waals surface area contributed by atoms with Crippen molar-refractivity contribution in [3.63, 3.8) is 0 Å². The second kappa shape index (κ2) is 13.0. The van der Waals surface area contributed by atoms with Crippen LogP contribution in [0.3, 0.4) is 0 Å². The number of amides is 1. The Bertz CT molecular complexity index is 2110. The van der Waals surface area contributed by atoms with E-state index in [1.54, 1.807) is 66.7 Å². The first-order chi connectivity index (χ1) is 22.0. The number of aromatic nitrogens is 2. The van der Waals surface area contributed by atoms with Crippen LogP contribution in [-0.2, 0) is 4.79 Å². The van der Waals surface area contributed by atoms with Crippen molar-refractivity contribution in [3.8, 4) is 34.3 Å². The second-order valence-corrected chi connectivity index (χ2v) is 10.4. The van der Waals surface area contributed by atoms with Gasteiger partial charge in [0, 0.05) is 21.8 Å². The molecule has 6 aromatic rings. The highest BCUT2D eigenvalue weighted by Crippen LogP contribution is 2.31. The Balaban J connectivity index is 1.21. The first-order valence-electron chi connectivity index (χ1n) is 13.9. The smallest absolute Gasteiger partial charge is 0.343 e. The molecule has 1 amide bonds. The number of hydrogen-bond donors (Lipinski definition) is 1. The molecule has 0 atom stereocenters. The highest BCUT2D eigenvalue weighted by Gasteiger charge is 2.16. The monoisotopic (exact) mass is 606 g/mol. The van der Waals surface area contributed by atoms with E-state index in [2.05, 4.69) is 5.32 Å². The summed E-state index contributed by atoms with van der Waals surface area (Å²) in [6.07, 6.45) is 1.45. The molecule has 0 spiro atoms. The number of carbonyl (C=O) groups is 2. The quantitative estimate of drug-likeness (QED) is 0.0847. The standard InChI is InChI=1S/C37H23ClN4O3/c38-29-12-7-13-30(22-29)40-36(43)28(23-39)20-24-14-17-31(18-15-24)45-37(44)27-16-19-32-33(21-27)42-35(26-10-5-2-6-11-26)34(41-32)25-8-3-1-4-9-25/h1-22H,(H,40,43)/b28-20+. The van der Waals surface area contributed by atoms with Crippen LogP contribution in [-0.4, -0.2) is 21.8 Å². The van der Waals surface area contributed by atoms with Gasteiger partial charge < -0.3 is 10.1 Å². The number of nitriles is 1. The zero-order chi connectivity index (χ0) is 31.2. The maximum atomic E-state index is 13.1. The lowest BCUT2D eigenvalue weighted by Crippen LogP contribution is -2.13. The molecule has 7 nitrogen and oxygen atoms in total. The van der Waals surface area contributed by atoms with Gasteiger partial charge in [0.05, 0.1) is 28.0 Å². The van der Waals surface area contributed by atoms with Gasteiger partial charge in [-0.1, -0.05) is 90.5 Å². The summed E-state index contributed by atoms with van der Waals surface area (Å²) in [7, 11) is 0. The van der Waals surface area contributed by atoms with Gasteiger partial charge >= 0.3 is 5.97 Å². The van der Waals surface area contributed by atoms with E-state index in [1.165, 1.54) is 6.08 Å². The number of fused-ring (bicyclic) bond motifs is 1. The molecule has 45 heavy (non-hydrogen) atoms. The number of hydrogen-bond acceptors (Lipinski definition) is 6. The fourth-order valence-electron chi connectivity index (χ4n) is 4.65. The van der Waals surface area contributed by atoms with E-state index in [1.807, 2.05) is 66.7 Å². The lowest BCUT2D eigenvalue weighted by molar-refractivity contribution is -0.112. The Hall–Kier alpha value is -6.10. The minimum absolute atomic E-state index is 0.0951. The number of nitrogens with one attached hydrogen (secondary N) is 1. The maximum Gasteiger partial charge on any atom is 0.343 e. The molecule has 0 aliphatic carbocycles. The Morgan fingerprint density at radius 1 is 0.733 bits per heavy atom. The first-order valence-corrected chi connectivity index (χ1v) is 14.3. The van der Waals surface area contributed by atoms with E-state index in [0.29, 0.717) is 44.3 Å². The lowest BCUT2D eigenvalue weighted by atomic mass is 10.0. The Morgan fingerprint density at radius 2 is 1.38 bits per heavy atom. The van der Waals surface area contributed by atoms with Crippen molar-refractivity contribution in [1.82, 2.24) is 9.97 Å². The molecule has 8 heteroatoms. The number of carbonyl (C=O) groups excluding carboxylic acids is 2. The van der Waals surface area contributed by atoms with E-state index in [4.69, 9.17) is 26.3 Å². The summed E-state index contributed by atoms with van der Waals surface area (Å²) in [5.41, 5.74) is 5.79. The molecule has 5 aromatic carbocycles. The molecule has 216 valence electrons. The lowest BCUT2D eigenvalue weighted by Gasteiger charge is -2.11. The average Bonchev–Trinajstić information content (AvgIpc) is 3.07. The normalized spacial score (nSPS) is 11.1. The van der Waals surface area contributed by atoms with Crippen molar-refractivity contribution in [3.05, 3.63) is 149 Å². The van der Waals surface area contributed by atoms with Gasteiger partial charge in [0.25, 0.3) is 5.91 Å². The Labute approximate surface area is 264 Å². The summed E-state index contributed by atoms with van der Waals surface area (Å²) in [6, 6.07) is 39.8. The molecular formula is C37H23ClN4O3. The van der Waals surface area contributed by atoms with Crippen LogP contribution in [0.5, 0.6) is 5.75 Å². The average molecular weight is 607 g/mol. The number of benzene rings is 5. The third kappa shape index (κ3) is 6.78. The van der Waals surface area contributed by atoms with Crippen molar-refractivity contribution >= 4 is 46.3 Å². The van der Waals surface area contributed by atoms with Crippen molar-refractivity contribution in [2.24, 2.45) is 0 Å². The van der Waals surface area contributed by atoms with E-state index in [9.17, 15) is 14.9 Å². The van der Waals surface area contributed by atoms with Gasteiger partial charge in [-0.2, -0.15) is 5.26 Å². The van der Waals surface area contributed by atoms with Crippen molar-refractivity contribution in [1.29, 1.82) is 5.26 Å². The molecule has 0 saturated carbocycles. The van der Waals surface area contributed by atoms with E-state index >= 15 is 0 Å². The molecule has 0 bridgehead atoms. The van der Waals surface area contributed by atoms with Crippen molar-refractivity contribution < 1.29 is 14.3 Å². The van der Waals surface area contributed by atoms with Crippen LogP contribution in [0.25, 0.3) is 39.6 Å². The first kappa shape index (κ1) is 29.0. The number of esters is 1. The van der Waals surface area contributed by atoms with Gasteiger partial charge in [0.1, 0.15) is 17.4 Å². The van der Waals surface area contributed by atoms with Crippen LogP contribution in [0, 0.1) is 11.3 Å². The molecule has 0 saturated heterocycles. The van der Waals surface area contributed by atoms with Crippen molar-refractivity contribution in [2.75, 3.05) is 5.32 Å². The molecule has 0 radical (unpaired) electrons. The zero-order valence-corrected chi connectivity index (χ0v) is 24.4. The van der Waals surface area contributed by atoms with E-state index < -0.39 is 11.9 Å². The zero-order valence-electron chi connectivity index (χ0n) is 23.6. The molecule has 0 aliphatic heterocycles. The topological polar surface area (TPSA) is 105 Å². The summed E-state index contributed by atoms with van der Waals surface area (Å²) >= 11 is 5.97. The highest BCUT2D eigenvalue weighted by molar-refractivity contribution is 6.31. The fourth-order valence-corrected chi connectivity index (χ4v) is 4.84. The third-order valence-corrected chi connectivity index (χ3v) is 7.08. The summed E-state index contributed by atoms with van der Waals surface area (Å²) < 4.78 is 5.62. The minimum Gasteiger partial charge on any atom is -0.423 e. The van der Waals surface area contributed by atoms with Gasteiger partial charge in [-0.05, 0) is 60.2 Å². The molecular weight excluding hydrogens is 584 g/mol. The van der Waals surface area contributed by atoms with Gasteiger partial charge in [-0.3, -0.25) is 4.79 Å². The summed E-state index contributed by atoms with van der Waals surface area (Å²) in [4.78, 5) is 35.5. The van der Waals surface area contributed by atoms with Crippen molar-refractivity contribution in [2.45, 2.75) is 0 Å². The molecule has 0 aliphatic rings. The van der Waals surface area contributed by atoms with Crippen LogP contribution < -0.4 is 10.1 Å². The predicted octanol–water partition coefficient (Wildman–Crippen LogP) is 8.38. The van der Waals surface area contributed by atoms with Crippen LogP contribution in [0.4, 0.5) is 5.69 Å². The number of halogens is 1. The molecule has 1 aromatic heterocycles. The van der Waals surface area contributed by atoms with Gasteiger partial charge in [-0.25, -0.2) is 14.8 Å². The molecule has 0 fully saturated rings. The predicted molar refractivity (Wildman–Crippen MR) is 175 cm³/mol. The van der Waals surface area contributed by atoms with Gasteiger partial charge in [0.2, 0.25) is 0 Å². The number of rotatable bonds is 7. The summed E-state index contributed by atoms with van der Waals surface area (Å²) in [5, 5.41) is 12.7. The maximum absolute atomic E-state index is 13.1. The van der Waals surface area contributed by atoms with Crippen LogP contribution in [0.15, 0.2) is 133 Å². The highest BCUT2D eigenvalue weighted by atomic mass is 35.5. The minimum atomic E-state index is -0.569. The SMILES string of the molecule is N#C/C(=C\c1ccc(OC(=O)c2ccc3nc(-c4ccccc4)c(-c4ccccc4)nc3c2)cc1)C(=O)Nc1cccc(Cl)c1. The van der Waals surface area contributed by atoms with Crippen LogP contribution >= 0.6 is 11.6 Å². The Kier molecular flexibility index (Phi) is 8.40. The summed E-state index contributed by atoms with van der Waals surface area (Å²) in [6.45, 7) is 0. The molecule has 0 unspecified atom stereocenters. The number of nitrogens with zero attached hydrogens (tertiary/aromatic N) is 3. The van der Waals surface area contributed by atoms with Crippen LogP contribution in [0.1, 0.15) is 15.9 Å². The molecule has 1 heterocycles. The Morgan fingerprint density at radius 3 is 2.00 bits per heavy atom. The van der Waals surface area contributed by atoms with E-state index in [-0.39, 0.29) is 5.57 Å². The third-order valence-electron chi connectivity index (χ3n) is 6.84. The fraction of sp³-hybridized carbons (Fsp3) is 0. The largest absolute Gasteiger partial charge is 0.423 e. The second-order valence-electron chi connectivity index (χ2n) is 9.95. The molecule has 1 N–H and O–H groups in total. The number of anilines is 1.